The summed E-state index contributed by atoms with van der Waals surface area (Å²) in [6.07, 6.45) is 5.87. The first kappa shape index (κ1) is 14.3. The maximum atomic E-state index is 10.5. The molecule has 0 bridgehead atoms. The van der Waals surface area contributed by atoms with Gasteiger partial charge < -0.3 is 9.84 Å². The summed E-state index contributed by atoms with van der Waals surface area (Å²) < 4.78 is 5.80. The van der Waals surface area contributed by atoms with Crippen LogP contribution < -0.4 is 0 Å². The molecule has 18 heavy (non-hydrogen) atoms. The van der Waals surface area contributed by atoms with Crippen LogP contribution >= 0.6 is 0 Å². The molecule has 2 rings (SSSR count). The van der Waals surface area contributed by atoms with Crippen molar-refractivity contribution in [1.29, 1.82) is 0 Å². The van der Waals surface area contributed by atoms with Crippen LogP contribution in [-0.4, -0.2) is 48.5 Å². The van der Waals surface area contributed by atoms with Crippen LogP contribution in [0.25, 0.3) is 0 Å². The van der Waals surface area contributed by atoms with Crippen LogP contribution in [0.2, 0.25) is 0 Å². The van der Waals surface area contributed by atoms with Gasteiger partial charge in [-0.2, -0.15) is 0 Å². The molecule has 2 aliphatic rings. The molecule has 1 aliphatic heterocycles. The highest BCUT2D eigenvalue weighted by atomic mass is 16.5. The molecule has 106 valence electrons. The summed E-state index contributed by atoms with van der Waals surface area (Å²) in [6, 6.07) is 0. The Morgan fingerprint density at radius 3 is 2.67 bits per heavy atom. The van der Waals surface area contributed by atoms with Crippen LogP contribution in [0.4, 0.5) is 0 Å². The highest BCUT2D eigenvalue weighted by Crippen LogP contribution is 2.32. The molecule has 2 atom stereocenters. The first-order chi connectivity index (χ1) is 8.70. The second kappa shape index (κ2) is 6.88. The lowest BCUT2D eigenvalue weighted by Crippen LogP contribution is -2.50. The van der Waals surface area contributed by atoms with Gasteiger partial charge in [-0.1, -0.05) is 26.7 Å². The van der Waals surface area contributed by atoms with E-state index in [9.17, 15) is 5.11 Å². The van der Waals surface area contributed by atoms with Crippen molar-refractivity contribution >= 4 is 0 Å². The smallest absolute Gasteiger partial charge is 0.0963 e. The van der Waals surface area contributed by atoms with E-state index in [0.29, 0.717) is 5.92 Å². The molecule has 1 heterocycles. The third kappa shape index (κ3) is 3.69. The summed E-state index contributed by atoms with van der Waals surface area (Å²) in [5, 5.41) is 10.5. The van der Waals surface area contributed by atoms with Crippen LogP contribution in [0, 0.1) is 11.8 Å². The van der Waals surface area contributed by atoms with Gasteiger partial charge in [0.15, 0.2) is 0 Å². The fourth-order valence-electron chi connectivity index (χ4n) is 3.39. The summed E-state index contributed by atoms with van der Waals surface area (Å²) in [5.74, 6) is 1.31. The Kier molecular flexibility index (Phi) is 5.46. The number of nitrogens with zero attached hydrogens (tertiary/aromatic N) is 1. The molecule has 1 aliphatic carbocycles. The predicted molar refractivity (Wildman–Crippen MR) is 73.6 cm³/mol. The fourth-order valence-corrected chi connectivity index (χ4v) is 3.39. The van der Waals surface area contributed by atoms with Crippen LogP contribution in [0.1, 0.15) is 46.0 Å². The first-order valence-corrected chi connectivity index (χ1v) is 7.72. The predicted octanol–water partition coefficient (Wildman–Crippen LogP) is 2.28. The van der Waals surface area contributed by atoms with Gasteiger partial charge in [0.2, 0.25) is 0 Å². The van der Waals surface area contributed by atoms with Crippen molar-refractivity contribution in [3.05, 3.63) is 0 Å². The Bertz CT molecular complexity index is 237. The van der Waals surface area contributed by atoms with E-state index in [0.717, 1.165) is 32.2 Å². The maximum absolute atomic E-state index is 10.5. The topological polar surface area (TPSA) is 32.7 Å². The number of morpholine rings is 1. The van der Waals surface area contributed by atoms with Crippen molar-refractivity contribution < 1.29 is 9.84 Å². The van der Waals surface area contributed by atoms with E-state index in [1.165, 1.54) is 32.1 Å². The molecule has 0 radical (unpaired) electrons. The third-order valence-corrected chi connectivity index (χ3v) is 4.64. The van der Waals surface area contributed by atoms with Gasteiger partial charge in [0.25, 0.3) is 0 Å². The Hall–Kier alpha value is -0.120. The zero-order chi connectivity index (χ0) is 13.0. The second-order valence-electron chi connectivity index (χ2n) is 6.22. The Morgan fingerprint density at radius 2 is 2.00 bits per heavy atom. The largest absolute Gasteiger partial charge is 0.390 e. The molecular formula is C15H29NO2. The van der Waals surface area contributed by atoms with E-state index in [-0.39, 0.29) is 12.2 Å². The summed E-state index contributed by atoms with van der Waals surface area (Å²) in [6.45, 7) is 8.39. The van der Waals surface area contributed by atoms with Crippen LogP contribution in [0.3, 0.4) is 0 Å². The molecule has 1 N–H and O–H groups in total. The molecule has 0 aromatic rings. The number of hydrogen-bond donors (Lipinski definition) is 1. The van der Waals surface area contributed by atoms with E-state index < -0.39 is 0 Å². The molecular weight excluding hydrogens is 226 g/mol. The van der Waals surface area contributed by atoms with Gasteiger partial charge in [0.1, 0.15) is 0 Å². The van der Waals surface area contributed by atoms with E-state index in [2.05, 4.69) is 18.7 Å². The van der Waals surface area contributed by atoms with Gasteiger partial charge in [-0.05, 0) is 37.6 Å². The van der Waals surface area contributed by atoms with E-state index >= 15 is 0 Å². The Balaban J connectivity index is 1.82. The van der Waals surface area contributed by atoms with E-state index in [4.69, 9.17) is 4.74 Å². The molecule has 1 saturated heterocycles. The molecule has 3 nitrogen and oxygen atoms in total. The highest BCUT2D eigenvalue weighted by Gasteiger charge is 2.33. The number of aliphatic hydroxyl groups excluding tert-OH is 1. The molecule has 0 aromatic carbocycles. The van der Waals surface area contributed by atoms with Crippen molar-refractivity contribution in [3.63, 3.8) is 0 Å². The lowest BCUT2D eigenvalue weighted by atomic mass is 9.78. The Labute approximate surface area is 112 Å². The van der Waals surface area contributed by atoms with Crippen LogP contribution in [0.15, 0.2) is 0 Å². The zero-order valence-electron chi connectivity index (χ0n) is 12.0. The number of aliphatic hydroxyl groups is 1. The summed E-state index contributed by atoms with van der Waals surface area (Å²) >= 11 is 0. The summed E-state index contributed by atoms with van der Waals surface area (Å²) in [5.41, 5.74) is 0. The monoisotopic (exact) mass is 255 g/mol. The second-order valence-corrected chi connectivity index (χ2v) is 6.22. The minimum Gasteiger partial charge on any atom is -0.390 e. The van der Waals surface area contributed by atoms with Gasteiger partial charge in [0.05, 0.1) is 18.8 Å². The average molecular weight is 255 g/mol. The SMILES string of the molecule is CCCN1CCOC(C(O)C2CCC(C)CC2)C1. The average Bonchev–Trinajstić information content (AvgIpc) is 2.39. The van der Waals surface area contributed by atoms with Crippen LogP contribution in [0.5, 0.6) is 0 Å². The van der Waals surface area contributed by atoms with Crippen molar-refractivity contribution in [3.8, 4) is 0 Å². The van der Waals surface area contributed by atoms with E-state index in [1.54, 1.807) is 0 Å². The van der Waals surface area contributed by atoms with Crippen molar-refractivity contribution in [2.45, 2.75) is 58.2 Å². The van der Waals surface area contributed by atoms with Gasteiger partial charge in [-0.3, -0.25) is 4.90 Å². The van der Waals surface area contributed by atoms with Crippen LogP contribution in [-0.2, 0) is 4.74 Å². The molecule has 0 amide bonds. The van der Waals surface area contributed by atoms with Gasteiger partial charge in [-0.25, -0.2) is 0 Å². The van der Waals surface area contributed by atoms with Crippen molar-refractivity contribution in [2.75, 3.05) is 26.2 Å². The van der Waals surface area contributed by atoms with E-state index in [1.807, 2.05) is 0 Å². The minimum atomic E-state index is -0.253. The summed E-state index contributed by atoms with van der Waals surface area (Å²) in [7, 11) is 0. The number of ether oxygens (including phenoxy) is 1. The quantitative estimate of drug-likeness (QED) is 0.836. The fraction of sp³-hybridized carbons (Fsp3) is 1.00. The minimum absolute atomic E-state index is 0.0451. The molecule has 2 fully saturated rings. The zero-order valence-corrected chi connectivity index (χ0v) is 12.0. The van der Waals surface area contributed by atoms with Gasteiger partial charge in [-0.15, -0.1) is 0 Å². The number of rotatable bonds is 4. The normalized spacial score (nSPS) is 36.5. The van der Waals surface area contributed by atoms with Crippen molar-refractivity contribution in [2.24, 2.45) is 11.8 Å². The molecule has 0 spiro atoms. The number of hydrogen-bond acceptors (Lipinski definition) is 3. The van der Waals surface area contributed by atoms with Crippen molar-refractivity contribution in [1.82, 2.24) is 4.90 Å². The summed E-state index contributed by atoms with van der Waals surface area (Å²) in [4.78, 5) is 2.43. The Morgan fingerprint density at radius 1 is 1.28 bits per heavy atom. The molecule has 2 unspecified atom stereocenters. The highest BCUT2D eigenvalue weighted by molar-refractivity contribution is 4.85. The first-order valence-electron chi connectivity index (χ1n) is 7.72. The van der Waals surface area contributed by atoms with Gasteiger partial charge >= 0.3 is 0 Å². The molecule has 1 saturated carbocycles. The van der Waals surface area contributed by atoms with Gasteiger partial charge in [0, 0.05) is 13.1 Å². The standard InChI is InChI=1S/C15H29NO2/c1-3-8-16-9-10-18-14(11-16)15(17)13-6-4-12(2)5-7-13/h12-15,17H,3-11H2,1-2H3. The maximum Gasteiger partial charge on any atom is 0.0963 e. The third-order valence-electron chi connectivity index (χ3n) is 4.64. The lowest BCUT2D eigenvalue weighted by molar-refractivity contribution is -0.110. The lowest BCUT2D eigenvalue weighted by Gasteiger charge is -2.39. The molecule has 0 aromatic heterocycles. The molecule has 3 heteroatoms.